The van der Waals surface area contributed by atoms with Crippen molar-refractivity contribution in [2.75, 3.05) is 12.4 Å². The number of nitrogens with zero attached hydrogens (tertiary/aromatic N) is 2. The predicted molar refractivity (Wildman–Crippen MR) is 98.4 cm³/mol. The molecule has 0 aliphatic heterocycles. The number of hydrogen-bond donors (Lipinski definition) is 1. The molecule has 0 radical (unpaired) electrons. The Morgan fingerprint density at radius 1 is 1.08 bits per heavy atom. The van der Waals surface area contributed by atoms with Crippen LogP contribution in [0.2, 0.25) is 0 Å². The van der Waals surface area contributed by atoms with Gasteiger partial charge in [-0.25, -0.2) is 0 Å². The van der Waals surface area contributed by atoms with E-state index in [0.29, 0.717) is 12.6 Å². The lowest BCUT2D eigenvalue weighted by Gasteiger charge is -2.12. The standard InChI is InChI=1S/C20H23N3O/c1-15(2)23-14-19(13-22-23)21-12-18-11-17(9-10-20(18)24-3)16-7-5-4-6-8-16/h4-11,13-15,21H,12H2,1-3H3. The van der Waals surface area contributed by atoms with Gasteiger partial charge in [0.25, 0.3) is 0 Å². The van der Waals surface area contributed by atoms with Gasteiger partial charge in [0.05, 0.1) is 19.0 Å². The molecule has 0 atom stereocenters. The molecule has 2 aromatic carbocycles. The van der Waals surface area contributed by atoms with Gasteiger partial charge in [-0.3, -0.25) is 4.68 Å². The molecule has 124 valence electrons. The van der Waals surface area contributed by atoms with Gasteiger partial charge in [-0.2, -0.15) is 5.10 Å². The zero-order chi connectivity index (χ0) is 16.9. The molecule has 4 heteroatoms. The molecule has 0 aliphatic rings. The zero-order valence-electron chi connectivity index (χ0n) is 14.4. The van der Waals surface area contributed by atoms with Gasteiger partial charge in [0.1, 0.15) is 5.75 Å². The van der Waals surface area contributed by atoms with Crippen molar-refractivity contribution < 1.29 is 4.74 Å². The predicted octanol–water partition coefficient (Wildman–Crippen LogP) is 4.75. The van der Waals surface area contributed by atoms with Crippen molar-refractivity contribution in [3.63, 3.8) is 0 Å². The van der Waals surface area contributed by atoms with E-state index in [9.17, 15) is 0 Å². The first kappa shape index (κ1) is 16.1. The monoisotopic (exact) mass is 321 g/mol. The molecule has 24 heavy (non-hydrogen) atoms. The lowest BCUT2D eigenvalue weighted by atomic mass is 10.0. The molecular formula is C20H23N3O. The van der Waals surface area contributed by atoms with E-state index in [1.807, 2.05) is 29.2 Å². The summed E-state index contributed by atoms with van der Waals surface area (Å²) in [5.41, 5.74) is 4.52. The number of benzene rings is 2. The summed E-state index contributed by atoms with van der Waals surface area (Å²) in [4.78, 5) is 0. The number of anilines is 1. The van der Waals surface area contributed by atoms with E-state index < -0.39 is 0 Å². The summed E-state index contributed by atoms with van der Waals surface area (Å²) in [6.07, 6.45) is 3.88. The third kappa shape index (κ3) is 3.59. The fraction of sp³-hybridized carbons (Fsp3) is 0.250. The number of rotatable bonds is 6. The van der Waals surface area contributed by atoms with Crippen molar-refractivity contribution in [2.45, 2.75) is 26.4 Å². The molecule has 1 heterocycles. The minimum Gasteiger partial charge on any atom is -0.496 e. The second-order valence-corrected chi connectivity index (χ2v) is 6.05. The average Bonchev–Trinajstić information content (AvgIpc) is 3.10. The molecule has 0 fully saturated rings. The Labute approximate surface area is 143 Å². The van der Waals surface area contributed by atoms with Gasteiger partial charge >= 0.3 is 0 Å². The Balaban J connectivity index is 1.80. The molecule has 0 saturated carbocycles. The second kappa shape index (κ2) is 7.21. The summed E-state index contributed by atoms with van der Waals surface area (Å²) in [5, 5.41) is 7.78. The van der Waals surface area contributed by atoms with Gasteiger partial charge < -0.3 is 10.1 Å². The number of nitrogens with one attached hydrogen (secondary N) is 1. The highest BCUT2D eigenvalue weighted by Gasteiger charge is 2.07. The van der Waals surface area contributed by atoms with E-state index in [-0.39, 0.29) is 0 Å². The maximum atomic E-state index is 5.51. The molecule has 0 amide bonds. The third-order valence-electron chi connectivity index (χ3n) is 4.00. The van der Waals surface area contributed by atoms with Crippen LogP contribution in [0.5, 0.6) is 5.75 Å². The topological polar surface area (TPSA) is 39.1 Å². The molecule has 0 unspecified atom stereocenters. The van der Waals surface area contributed by atoms with Gasteiger partial charge in [0, 0.05) is 24.3 Å². The summed E-state index contributed by atoms with van der Waals surface area (Å²) >= 11 is 0. The van der Waals surface area contributed by atoms with E-state index in [1.54, 1.807) is 7.11 Å². The van der Waals surface area contributed by atoms with Crippen LogP contribution in [0.4, 0.5) is 5.69 Å². The van der Waals surface area contributed by atoms with Crippen molar-refractivity contribution in [1.82, 2.24) is 9.78 Å². The number of hydrogen-bond acceptors (Lipinski definition) is 3. The Bertz CT molecular complexity index is 794. The highest BCUT2D eigenvalue weighted by Crippen LogP contribution is 2.27. The molecule has 1 aromatic heterocycles. The van der Waals surface area contributed by atoms with Crippen molar-refractivity contribution in [1.29, 1.82) is 0 Å². The Morgan fingerprint density at radius 2 is 1.88 bits per heavy atom. The molecule has 0 spiro atoms. The summed E-state index contributed by atoms with van der Waals surface area (Å²) in [6.45, 7) is 4.92. The second-order valence-electron chi connectivity index (χ2n) is 6.05. The molecule has 4 nitrogen and oxygen atoms in total. The van der Waals surface area contributed by atoms with Gasteiger partial charge in [0.2, 0.25) is 0 Å². The van der Waals surface area contributed by atoms with Crippen molar-refractivity contribution >= 4 is 5.69 Å². The molecule has 0 aliphatic carbocycles. The van der Waals surface area contributed by atoms with Crippen LogP contribution in [0.15, 0.2) is 60.9 Å². The van der Waals surface area contributed by atoms with Crippen LogP contribution in [-0.2, 0) is 6.54 Å². The minimum absolute atomic E-state index is 0.358. The summed E-state index contributed by atoms with van der Waals surface area (Å²) in [5.74, 6) is 0.887. The molecule has 0 bridgehead atoms. The first-order chi connectivity index (χ1) is 11.7. The number of methoxy groups -OCH3 is 1. The van der Waals surface area contributed by atoms with Crippen LogP contribution in [-0.4, -0.2) is 16.9 Å². The largest absolute Gasteiger partial charge is 0.496 e. The Morgan fingerprint density at radius 3 is 2.54 bits per heavy atom. The van der Waals surface area contributed by atoms with Crippen LogP contribution >= 0.6 is 0 Å². The maximum Gasteiger partial charge on any atom is 0.123 e. The molecule has 3 aromatic rings. The van der Waals surface area contributed by atoms with E-state index >= 15 is 0 Å². The first-order valence-corrected chi connectivity index (χ1v) is 8.17. The lowest BCUT2D eigenvalue weighted by molar-refractivity contribution is 0.410. The first-order valence-electron chi connectivity index (χ1n) is 8.17. The molecule has 0 saturated heterocycles. The van der Waals surface area contributed by atoms with Gasteiger partial charge in [-0.05, 0) is 37.1 Å². The van der Waals surface area contributed by atoms with Crippen molar-refractivity contribution in [3.05, 3.63) is 66.5 Å². The zero-order valence-corrected chi connectivity index (χ0v) is 14.4. The summed E-state index contributed by atoms with van der Waals surface area (Å²) < 4.78 is 7.45. The molecule has 3 rings (SSSR count). The fourth-order valence-electron chi connectivity index (χ4n) is 2.64. The minimum atomic E-state index is 0.358. The van der Waals surface area contributed by atoms with Gasteiger partial charge in [0.15, 0.2) is 0 Å². The van der Waals surface area contributed by atoms with Crippen LogP contribution < -0.4 is 10.1 Å². The smallest absolute Gasteiger partial charge is 0.123 e. The number of aromatic nitrogens is 2. The Kier molecular flexibility index (Phi) is 4.85. The summed E-state index contributed by atoms with van der Waals surface area (Å²) in [7, 11) is 1.71. The highest BCUT2D eigenvalue weighted by atomic mass is 16.5. The van der Waals surface area contributed by atoms with E-state index in [0.717, 1.165) is 17.0 Å². The average molecular weight is 321 g/mol. The van der Waals surface area contributed by atoms with Gasteiger partial charge in [-0.1, -0.05) is 36.4 Å². The van der Waals surface area contributed by atoms with Crippen LogP contribution in [0.1, 0.15) is 25.5 Å². The maximum absolute atomic E-state index is 5.51. The normalized spacial score (nSPS) is 10.8. The number of ether oxygens (including phenoxy) is 1. The quantitative estimate of drug-likeness (QED) is 0.712. The van der Waals surface area contributed by atoms with Crippen LogP contribution in [0.3, 0.4) is 0 Å². The SMILES string of the molecule is COc1ccc(-c2ccccc2)cc1CNc1cnn(C(C)C)c1. The summed E-state index contributed by atoms with van der Waals surface area (Å²) in [6, 6.07) is 17.0. The van der Waals surface area contributed by atoms with Gasteiger partial charge in [-0.15, -0.1) is 0 Å². The van der Waals surface area contributed by atoms with Crippen molar-refractivity contribution in [2.24, 2.45) is 0 Å². The highest BCUT2D eigenvalue weighted by molar-refractivity contribution is 5.65. The molecular weight excluding hydrogens is 298 g/mol. The van der Waals surface area contributed by atoms with Crippen LogP contribution in [0.25, 0.3) is 11.1 Å². The van der Waals surface area contributed by atoms with E-state index in [4.69, 9.17) is 4.74 Å². The lowest BCUT2D eigenvalue weighted by Crippen LogP contribution is -2.02. The van der Waals surface area contributed by atoms with Crippen LogP contribution in [0, 0.1) is 0 Å². The Hall–Kier alpha value is -2.75. The van der Waals surface area contributed by atoms with E-state index in [2.05, 4.69) is 60.7 Å². The fourth-order valence-corrected chi connectivity index (χ4v) is 2.64. The third-order valence-corrected chi connectivity index (χ3v) is 4.00. The van der Waals surface area contributed by atoms with E-state index in [1.165, 1.54) is 11.1 Å². The molecule has 1 N–H and O–H groups in total. The van der Waals surface area contributed by atoms with Crippen molar-refractivity contribution in [3.8, 4) is 16.9 Å².